The van der Waals surface area contributed by atoms with Gasteiger partial charge in [0, 0.05) is 19.1 Å². The summed E-state index contributed by atoms with van der Waals surface area (Å²) in [5, 5.41) is 10.4. The molecular formula is C19H25N3O3. The fraction of sp³-hybridized carbons (Fsp3) is 0.474. The Morgan fingerprint density at radius 1 is 1.24 bits per heavy atom. The molecule has 3 N–H and O–H groups in total. The number of hydrogen-bond acceptors (Lipinski definition) is 5. The Bertz CT molecular complexity index is 680. The minimum atomic E-state index is -1.02. The van der Waals surface area contributed by atoms with E-state index in [-0.39, 0.29) is 17.5 Å². The number of aromatic nitrogens is 1. The second-order valence-electron chi connectivity index (χ2n) is 6.56. The lowest BCUT2D eigenvalue weighted by Crippen LogP contribution is -2.35. The molecule has 2 aromatic rings. The molecule has 0 aliphatic carbocycles. The lowest BCUT2D eigenvalue weighted by atomic mass is 10.0. The van der Waals surface area contributed by atoms with Crippen molar-refractivity contribution in [2.24, 2.45) is 5.73 Å². The normalized spacial score (nSPS) is 17.3. The van der Waals surface area contributed by atoms with Gasteiger partial charge in [0.1, 0.15) is 12.4 Å². The van der Waals surface area contributed by atoms with Crippen LogP contribution in [0.25, 0.3) is 0 Å². The second-order valence-corrected chi connectivity index (χ2v) is 6.56. The van der Waals surface area contributed by atoms with E-state index in [1.54, 1.807) is 4.90 Å². The minimum Gasteiger partial charge on any atom is -0.445 e. The van der Waals surface area contributed by atoms with Gasteiger partial charge in [-0.25, -0.2) is 4.98 Å². The van der Waals surface area contributed by atoms with E-state index >= 15 is 0 Å². The molecule has 6 nitrogen and oxygen atoms in total. The number of nitrogens with zero attached hydrogens (tertiary/aromatic N) is 2. The highest BCUT2D eigenvalue weighted by molar-refractivity contribution is 5.92. The highest BCUT2D eigenvalue weighted by atomic mass is 16.4. The second kappa shape index (κ2) is 8.27. The predicted octanol–water partition coefficient (Wildman–Crippen LogP) is 2.29. The van der Waals surface area contributed by atoms with Crippen LogP contribution < -0.4 is 5.73 Å². The number of benzene rings is 1. The van der Waals surface area contributed by atoms with Gasteiger partial charge in [-0.15, -0.1) is 0 Å². The standard InChI is InChI=1S/C19H25N3O3/c20-15(10-9-14-7-3-1-4-8-14)17(23)18-21-16(13-25-18)19(24)22-11-5-2-6-12-22/h1,3-4,7-8,13,15,17,23H,2,5-6,9-12,20H2. The number of oxazole rings is 1. The van der Waals surface area contributed by atoms with E-state index in [0.29, 0.717) is 6.42 Å². The number of hydrogen-bond donors (Lipinski definition) is 2. The fourth-order valence-electron chi connectivity index (χ4n) is 3.10. The molecule has 1 saturated heterocycles. The Morgan fingerprint density at radius 3 is 2.68 bits per heavy atom. The molecule has 2 unspecified atom stereocenters. The van der Waals surface area contributed by atoms with Crippen LogP contribution in [0.2, 0.25) is 0 Å². The van der Waals surface area contributed by atoms with Crippen LogP contribution in [0.1, 0.15) is 53.7 Å². The van der Waals surface area contributed by atoms with E-state index < -0.39 is 12.1 Å². The van der Waals surface area contributed by atoms with Gasteiger partial charge in [-0.2, -0.15) is 0 Å². The number of aliphatic hydroxyl groups is 1. The molecule has 1 amide bonds. The maximum absolute atomic E-state index is 12.4. The van der Waals surface area contributed by atoms with E-state index in [1.807, 2.05) is 30.3 Å². The maximum atomic E-state index is 12.4. The first-order chi connectivity index (χ1) is 12.1. The van der Waals surface area contributed by atoms with Gasteiger partial charge in [0.05, 0.1) is 0 Å². The number of carbonyl (C=O) groups excluding carboxylic acids is 1. The molecule has 0 bridgehead atoms. The maximum Gasteiger partial charge on any atom is 0.275 e. The van der Waals surface area contributed by atoms with E-state index in [1.165, 1.54) is 11.8 Å². The van der Waals surface area contributed by atoms with Crippen LogP contribution >= 0.6 is 0 Å². The zero-order valence-corrected chi connectivity index (χ0v) is 14.3. The summed E-state index contributed by atoms with van der Waals surface area (Å²) >= 11 is 0. The molecule has 0 spiro atoms. The van der Waals surface area contributed by atoms with Gasteiger partial charge < -0.3 is 20.2 Å². The summed E-state index contributed by atoms with van der Waals surface area (Å²) in [5.74, 6) is -0.0271. The van der Waals surface area contributed by atoms with Crippen LogP contribution in [-0.4, -0.2) is 40.0 Å². The molecule has 25 heavy (non-hydrogen) atoms. The summed E-state index contributed by atoms with van der Waals surface area (Å²) in [6, 6.07) is 9.47. The van der Waals surface area contributed by atoms with Crippen molar-refractivity contribution in [3.05, 3.63) is 53.7 Å². The van der Waals surface area contributed by atoms with Gasteiger partial charge in [-0.1, -0.05) is 30.3 Å². The van der Waals surface area contributed by atoms with Crippen LogP contribution in [0.3, 0.4) is 0 Å². The zero-order chi connectivity index (χ0) is 17.6. The quantitative estimate of drug-likeness (QED) is 0.839. The zero-order valence-electron chi connectivity index (χ0n) is 14.3. The van der Waals surface area contributed by atoms with Crippen molar-refractivity contribution in [1.82, 2.24) is 9.88 Å². The monoisotopic (exact) mass is 343 g/mol. The van der Waals surface area contributed by atoms with Gasteiger partial charge in [-0.3, -0.25) is 4.79 Å². The number of likely N-dealkylation sites (tertiary alicyclic amines) is 1. The lowest BCUT2D eigenvalue weighted by Gasteiger charge is -2.25. The first-order valence-corrected chi connectivity index (χ1v) is 8.87. The number of carbonyl (C=O) groups is 1. The molecule has 134 valence electrons. The summed E-state index contributed by atoms with van der Waals surface area (Å²) in [6.07, 6.45) is 4.85. The van der Waals surface area contributed by atoms with Gasteiger partial charge in [0.15, 0.2) is 5.69 Å². The lowest BCUT2D eigenvalue weighted by molar-refractivity contribution is 0.0718. The van der Waals surface area contributed by atoms with Crippen LogP contribution in [0.15, 0.2) is 41.0 Å². The Labute approximate surface area is 147 Å². The first kappa shape index (κ1) is 17.6. The third-order valence-electron chi connectivity index (χ3n) is 4.65. The van der Waals surface area contributed by atoms with Gasteiger partial charge in [0.25, 0.3) is 5.91 Å². The number of piperidine rings is 1. The molecule has 1 fully saturated rings. The Morgan fingerprint density at radius 2 is 1.96 bits per heavy atom. The molecule has 2 heterocycles. The average Bonchev–Trinajstić information content (AvgIpc) is 3.16. The first-order valence-electron chi connectivity index (χ1n) is 8.87. The Kier molecular flexibility index (Phi) is 5.83. The van der Waals surface area contributed by atoms with E-state index in [0.717, 1.165) is 38.8 Å². The highest BCUT2D eigenvalue weighted by Crippen LogP contribution is 2.20. The van der Waals surface area contributed by atoms with Gasteiger partial charge in [0.2, 0.25) is 5.89 Å². The van der Waals surface area contributed by atoms with Crippen molar-refractivity contribution in [2.45, 2.75) is 44.2 Å². The van der Waals surface area contributed by atoms with E-state index in [9.17, 15) is 9.90 Å². The molecule has 2 atom stereocenters. The molecule has 1 aromatic carbocycles. The molecule has 1 aliphatic heterocycles. The summed E-state index contributed by atoms with van der Waals surface area (Å²) < 4.78 is 5.32. The van der Waals surface area contributed by atoms with Crippen molar-refractivity contribution >= 4 is 5.91 Å². The van der Waals surface area contributed by atoms with Crippen molar-refractivity contribution in [2.75, 3.05) is 13.1 Å². The third-order valence-corrected chi connectivity index (χ3v) is 4.65. The van der Waals surface area contributed by atoms with Crippen LogP contribution in [0, 0.1) is 0 Å². The Hall–Kier alpha value is -2.18. The van der Waals surface area contributed by atoms with Crippen molar-refractivity contribution in [1.29, 1.82) is 0 Å². The van der Waals surface area contributed by atoms with Crippen LogP contribution in [-0.2, 0) is 6.42 Å². The van der Waals surface area contributed by atoms with Crippen molar-refractivity contribution in [3.63, 3.8) is 0 Å². The van der Waals surface area contributed by atoms with Crippen molar-refractivity contribution < 1.29 is 14.3 Å². The van der Waals surface area contributed by atoms with Gasteiger partial charge >= 0.3 is 0 Å². The third kappa shape index (κ3) is 4.46. The van der Waals surface area contributed by atoms with Crippen LogP contribution in [0.4, 0.5) is 0 Å². The molecule has 3 rings (SSSR count). The summed E-state index contributed by atoms with van der Waals surface area (Å²) in [5.41, 5.74) is 7.49. The summed E-state index contributed by atoms with van der Waals surface area (Å²) in [7, 11) is 0. The molecular weight excluding hydrogens is 318 g/mol. The number of aryl methyl sites for hydroxylation is 1. The van der Waals surface area contributed by atoms with E-state index in [4.69, 9.17) is 10.2 Å². The number of nitrogens with two attached hydrogens (primary N) is 1. The fourth-order valence-corrected chi connectivity index (χ4v) is 3.10. The largest absolute Gasteiger partial charge is 0.445 e. The molecule has 1 aliphatic rings. The van der Waals surface area contributed by atoms with Gasteiger partial charge in [-0.05, 0) is 37.7 Å². The molecule has 1 aromatic heterocycles. The minimum absolute atomic E-state index is 0.112. The highest BCUT2D eigenvalue weighted by Gasteiger charge is 2.26. The SMILES string of the molecule is NC(CCc1ccccc1)C(O)c1nc(C(=O)N2CCCCC2)co1. The molecule has 6 heteroatoms. The van der Waals surface area contributed by atoms with E-state index in [2.05, 4.69) is 4.98 Å². The topological polar surface area (TPSA) is 92.6 Å². The predicted molar refractivity (Wildman–Crippen MR) is 94.0 cm³/mol. The Balaban J connectivity index is 1.57. The molecule has 0 saturated carbocycles. The van der Waals surface area contributed by atoms with Crippen LogP contribution in [0.5, 0.6) is 0 Å². The van der Waals surface area contributed by atoms with Crippen molar-refractivity contribution in [3.8, 4) is 0 Å². The number of aliphatic hydroxyl groups excluding tert-OH is 1. The average molecular weight is 343 g/mol. The summed E-state index contributed by atoms with van der Waals surface area (Å²) in [6.45, 7) is 1.50. The summed E-state index contributed by atoms with van der Waals surface area (Å²) in [4.78, 5) is 18.4. The number of amides is 1. The smallest absolute Gasteiger partial charge is 0.275 e. The molecule has 0 radical (unpaired) electrons. The number of rotatable bonds is 6.